The second kappa shape index (κ2) is 11.9. The summed E-state index contributed by atoms with van der Waals surface area (Å²) in [6.45, 7) is 0. The van der Waals surface area contributed by atoms with Crippen LogP contribution < -0.4 is 4.90 Å². The van der Waals surface area contributed by atoms with Crippen molar-refractivity contribution in [1.82, 2.24) is 4.98 Å². The van der Waals surface area contributed by atoms with E-state index < -0.39 is 0 Å². The molecule has 0 aliphatic heterocycles. The van der Waals surface area contributed by atoms with Crippen molar-refractivity contribution in [2.24, 2.45) is 0 Å². The first-order valence-electron chi connectivity index (χ1n) is 18.3. The molecular formula is C49H28N2O2S2. The Morgan fingerprint density at radius 1 is 0.382 bits per heavy atom. The van der Waals surface area contributed by atoms with Crippen LogP contribution in [0.15, 0.2) is 179 Å². The number of thiophene rings is 2. The van der Waals surface area contributed by atoms with Gasteiger partial charge in [0.1, 0.15) is 16.7 Å². The van der Waals surface area contributed by atoms with Crippen LogP contribution in [0.5, 0.6) is 0 Å². The molecule has 4 nitrogen and oxygen atoms in total. The first kappa shape index (κ1) is 30.7. The number of anilines is 3. The van der Waals surface area contributed by atoms with Crippen LogP contribution in [0.2, 0.25) is 0 Å². The zero-order valence-corrected chi connectivity index (χ0v) is 30.8. The molecule has 0 aliphatic carbocycles. The molecule has 4 aromatic heterocycles. The van der Waals surface area contributed by atoms with E-state index in [0.29, 0.717) is 5.89 Å². The van der Waals surface area contributed by atoms with Gasteiger partial charge >= 0.3 is 0 Å². The van der Waals surface area contributed by atoms with Crippen molar-refractivity contribution in [2.75, 3.05) is 4.90 Å². The van der Waals surface area contributed by atoms with Gasteiger partial charge in [-0.3, -0.25) is 0 Å². The lowest BCUT2D eigenvalue weighted by molar-refractivity contribution is 0.619. The number of oxazole rings is 1. The topological polar surface area (TPSA) is 42.4 Å². The molecule has 0 N–H and O–H groups in total. The summed E-state index contributed by atoms with van der Waals surface area (Å²) in [4.78, 5) is 7.30. The lowest BCUT2D eigenvalue weighted by atomic mass is 10.0. The maximum absolute atomic E-state index is 6.44. The summed E-state index contributed by atoms with van der Waals surface area (Å²) in [6.07, 6.45) is 0. The Labute approximate surface area is 322 Å². The van der Waals surface area contributed by atoms with Crippen molar-refractivity contribution in [2.45, 2.75) is 0 Å². The fraction of sp³-hybridized carbons (Fsp3) is 0. The largest absolute Gasteiger partial charge is 0.456 e. The molecule has 0 spiro atoms. The van der Waals surface area contributed by atoms with Gasteiger partial charge in [-0.1, -0.05) is 78.9 Å². The summed E-state index contributed by atoms with van der Waals surface area (Å²) in [5.74, 6) is 0.607. The standard InChI is InChI=1S/C49H28N2O2S2/c1-2-8-30(9-3-1)49-50-48-41(53-49)24-23-40-47(48)38-21-16-31(26-42(38)52-40)29-14-17-32(18-15-29)51(33-20-25-45-39(27-33)36-11-5-7-13-44(36)54-45)34-19-22-37-35-10-4-6-12-43(35)55-46(37)28-34/h1-28H. The molecule has 0 radical (unpaired) electrons. The SMILES string of the molecule is c1ccc(-c2nc3c(ccc4oc5cc(-c6ccc(N(c7ccc8c(c7)sc7ccccc78)c7ccc8sc9ccccc9c8c7)cc6)ccc5c43)o2)cc1. The zero-order valence-electron chi connectivity index (χ0n) is 29.2. The smallest absolute Gasteiger partial charge is 0.227 e. The Balaban J connectivity index is 0.961. The average Bonchev–Trinajstić information content (AvgIpc) is 4.02. The second-order valence-electron chi connectivity index (χ2n) is 13.9. The lowest BCUT2D eigenvalue weighted by Crippen LogP contribution is -2.09. The van der Waals surface area contributed by atoms with Gasteiger partial charge in [0, 0.05) is 68.4 Å². The van der Waals surface area contributed by atoms with Crippen molar-refractivity contribution in [3.63, 3.8) is 0 Å². The molecule has 258 valence electrons. The van der Waals surface area contributed by atoms with E-state index in [2.05, 4.69) is 132 Å². The molecule has 0 atom stereocenters. The molecule has 55 heavy (non-hydrogen) atoms. The van der Waals surface area contributed by atoms with Gasteiger partial charge in [-0.15, -0.1) is 22.7 Å². The van der Waals surface area contributed by atoms with Gasteiger partial charge in [-0.25, -0.2) is 4.98 Å². The molecule has 0 amide bonds. The van der Waals surface area contributed by atoms with Crippen LogP contribution in [-0.4, -0.2) is 4.98 Å². The maximum atomic E-state index is 6.44. The molecule has 0 fully saturated rings. The average molecular weight is 741 g/mol. The summed E-state index contributed by atoms with van der Waals surface area (Å²) in [7, 11) is 0. The fourth-order valence-corrected chi connectivity index (χ4v) is 10.3. The first-order valence-corrected chi connectivity index (χ1v) is 19.9. The van der Waals surface area contributed by atoms with Gasteiger partial charge in [0.2, 0.25) is 5.89 Å². The number of hydrogen-bond acceptors (Lipinski definition) is 6. The Morgan fingerprint density at radius 2 is 1.00 bits per heavy atom. The fourth-order valence-electron chi connectivity index (χ4n) is 8.09. The minimum absolute atomic E-state index is 0.607. The van der Waals surface area contributed by atoms with E-state index in [-0.39, 0.29) is 0 Å². The molecule has 0 aliphatic rings. The van der Waals surface area contributed by atoms with Crippen LogP contribution in [-0.2, 0) is 0 Å². The molecule has 4 heterocycles. The van der Waals surface area contributed by atoms with Crippen LogP contribution in [0.1, 0.15) is 0 Å². The highest BCUT2D eigenvalue weighted by atomic mass is 32.1. The molecular weight excluding hydrogens is 713 g/mol. The molecule has 6 heteroatoms. The van der Waals surface area contributed by atoms with Gasteiger partial charge in [0.05, 0.1) is 5.39 Å². The van der Waals surface area contributed by atoms with E-state index in [9.17, 15) is 0 Å². The van der Waals surface area contributed by atoms with Crippen LogP contribution >= 0.6 is 22.7 Å². The summed E-state index contributed by atoms with van der Waals surface area (Å²) < 4.78 is 17.8. The minimum Gasteiger partial charge on any atom is -0.456 e. The van der Waals surface area contributed by atoms with Crippen molar-refractivity contribution in [3.8, 4) is 22.6 Å². The predicted molar refractivity (Wildman–Crippen MR) is 233 cm³/mol. The second-order valence-corrected chi connectivity index (χ2v) is 16.1. The van der Waals surface area contributed by atoms with Gasteiger partial charge in [-0.2, -0.15) is 0 Å². The molecule has 8 aromatic carbocycles. The van der Waals surface area contributed by atoms with Crippen LogP contribution in [0, 0.1) is 0 Å². The Kier molecular flexibility index (Phi) is 6.64. The number of aromatic nitrogens is 1. The highest BCUT2D eigenvalue weighted by molar-refractivity contribution is 7.26. The highest BCUT2D eigenvalue weighted by Crippen LogP contribution is 2.44. The van der Waals surface area contributed by atoms with Crippen molar-refractivity contribution in [3.05, 3.63) is 170 Å². The highest BCUT2D eigenvalue weighted by Gasteiger charge is 2.19. The van der Waals surface area contributed by atoms with Crippen molar-refractivity contribution < 1.29 is 8.83 Å². The number of fused-ring (bicyclic) bond motifs is 11. The molecule has 0 saturated carbocycles. The summed E-state index contributed by atoms with van der Waals surface area (Å²) in [5.41, 5.74) is 9.68. The van der Waals surface area contributed by atoms with Gasteiger partial charge in [-0.05, 0) is 102 Å². The van der Waals surface area contributed by atoms with Crippen molar-refractivity contribution >= 4 is 113 Å². The number of rotatable bonds is 5. The van der Waals surface area contributed by atoms with Crippen LogP contribution in [0.25, 0.3) is 96.0 Å². The third-order valence-corrected chi connectivity index (χ3v) is 13.0. The summed E-state index contributed by atoms with van der Waals surface area (Å²) in [5, 5.41) is 7.17. The first-order chi connectivity index (χ1) is 27.2. The molecule has 12 rings (SSSR count). The third kappa shape index (κ3) is 4.85. The van der Waals surface area contributed by atoms with E-state index in [4.69, 9.17) is 13.8 Å². The summed E-state index contributed by atoms with van der Waals surface area (Å²) >= 11 is 3.70. The van der Waals surface area contributed by atoms with Gasteiger partial charge < -0.3 is 13.7 Å². The van der Waals surface area contributed by atoms with Crippen molar-refractivity contribution in [1.29, 1.82) is 0 Å². The van der Waals surface area contributed by atoms with E-state index in [0.717, 1.165) is 66.8 Å². The minimum atomic E-state index is 0.607. The molecule has 12 aromatic rings. The van der Waals surface area contributed by atoms with E-state index in [1.54, 1.807) is 0 Å². The summed E-state index contributed by atoms with van der Waals surface area (Å²) in [6, 6.07) is 60.4. The van der Waals surface area contributed by atoms with E-state index >= 15 is 0 Å². The normalized spacial score (nSPS) is 12.0. The maximum Gasteiger partial charge on any atom is 0.227 e. The van der Waals surface area contributed by atoms with E-state index in [1.165, 1.54) is 40.3 Å². The Hall–Kier alpha value is -6.73. The third-order valence-electron chi connectivity index (χ3n) is 10.7. The Morgan fingerprint density at radius 3 is 1.84 bits per heavy atom. The number of furan rings is 1. The lowest BCUT2D eigenvalue weighted by Gasteiger charge is -2.26. The number of hydrogen-bond donors (Lipinski definition) is 0. The van der Waals surface area contributed by atoms with Crippen LogP contribution in [0.3, 0.4) is 0 Å². The predicted octanol–water partition coefficient (Wildman–Crippen LogP) is 15.3. The number of nitrogens with zero attached hydrogens (tertiary/aromatic N) is 2. The van der Waals surface area contributed by atoms with Crippen LogP contribution in [0.4, 0.5) is 17.1 Å². The quantitative estimate of drug-likeness (QED) is 0.176. The zero-order chi connectivity index (χ0) is 36.0. The van der Waals surface area contributed by atoms with Gasteiger partial charge in [0.25, 0.3) is 0 Å². The Bertz CT molecular complexity index is 3440. The van der Waals surface area contributed by atoms with Gasteiger partial charge in [0.15, 0.2) is 5.58 Å². The molecule has 0 unspecified atom stereocenters. The molecule has 0 saturated heterocycles. The monoisotopic (exact) mass is 740 g/mol. The van der Waals surface area contributed by atoms with E-state index in [1.807, 2.05) is 65.1 Å². The number of benzene rings is 8. The molecule has 0 bridgehead atoms.